The second-order valence-electron chi connectivity index (χ2n) is 5.06. The average Bonchev–Trinajstić information content (AvgIpc) is 2.88. The second kappa shape index (κ2) is 6.40. The highest BCUT2D eigenvalue weighted by Gasteiger charge is 2.34. The molecule has 0 N–H and O–H groups in total. The number of methoxy groups -OCH3 is 1. The summed E-state index contributed by atoms with van der Waals surface area (Å²) in [6, 6.07) is 14.1. The van der Waals surface area contributed by atoms with Gasteiger partial charge in [-0.1, -0.05) is 30.3 Å². The number of halogens is 1. The molecule has 0 spiro atoms. The lowest BCUT2D eigenvalue weighted by Crippen LogP contribution is -2.27. The summed E-state index contributed by atoms with van der Waals surface area (Å²) in [5.41, 5.74) is 1.76. The van der Waals surface area contributed by atoms with Crippen molar-refractivity contribution in [3.05, 3.63) is 65.5 Å². The third-order valence-corrected chi connectivity index (χ3v) is 4.85. The van der Waals surface area contributed by atoms with E-state index in [4.69, 9.17) is 4.74 Å². The van der Waals surface area contributed by atoms with Crippen LogP contribution in [0.5, 0.6) is 5.75 Å². The number of para-hydroxylation sites is 1. The number of amides is 1. The molecule has 3 rings (SSSR count). The van der Waals surface area contributed by atoms with Gasteiger partial charge in [0.1, 0.15) is 16.9 Å². The number of nitrogens with zero attached hydrogens (tertiary/aromatic N) is 1. The van der Waals surface area contributed by atoms with E-state index >= 15 is 0 Å². The number of carbonyl (C=O) groups excluding carboxylic acids is 1. The lowest BCUT2D eigenvalue weighted by atomic mass is 10.1. The van der Waals surface area contributed by atoms with Crippen LogP contribution in [-0.2, 0) is 11.3 Å². The molecule has 0 aliphatic carbocycles. The molecule has 1 amide bonds. The molecule has 5 heteroatoms. The third kappa shape index (κ3) is 2.95. The third-order valence-electron chi connectivity index (χ3n) is 3.62. The molecular formula is C17H16FNO2S. The highest BCUT2D eigenvalue weighted by Crippen LogP contribution is 2.42. The molecule has 0 saturated carbocycles. The minimum atomic E-state index is -0.286. The Morgan fingerprint density at radius 3 is 2.86 bits per heavy atom. The largest absolute Gasteiger partial charge is 0.496 e. The van der Waals surface area contributed by atoms with Crippen LogP contribution < -0.4 is 4.74 Å². The van der Waals surface area contributed by atoms with E-state index in [1.807, 2.05) is 30.3 Å². The number of rotatable bonds is 4. The molecule has 0 radical (unpaired) electrons. The maximum absolute atomic E-state index is 13.3. The highest BCUT2D eigenvalue weighted by atomic mass is 32.2. The summed E-state index contributed by atoms with van der Waals surface area (Å²) < 4.78 is 18.7. The standard InChI is InChI=1S/C17H16FNO2S/c1-21-15-8-3-2-7-14(15)17-19(16(20)11-22-17)10-12-5-4-6-13(18)9-12/h2-9,17H,10-11H2,1H3. The maximum atomic E-state index is 13.3. The lowest BCUT2D eigenvalue weighted by Gasteiger charge is -2.25. The Morgan fingerprint density at radius 1 is 1.27 bits per heavy atom. The Hall–Kier alpha value is -2.01. The Kier molecular flexibility index (Phi) is 4.34. The molecule has 114 valence electrons. The molecule has 3 nitrogen and oxygen atoms in total. The van der Waals surface area contributed by atoms with Crippen molar-refractivity contribution in [2.45, 2.75) is 11.9 Å². The van der Waals surface area contributed by atoms with Crippen molar-refractivity contribution >= 4 is 17.7 Å². The molecule has 22 heavy (non-hydrogen) atoms. The zero-order chi connectivity index (χ0) is 15.5. The van der Waals surface area contributed by atoms with E-state index in [0.717, 1.165) is 16.9 Å². The molecule has 1 aliphatic rings. The van der Waals surface area contributed by atoms with Gasteiger partial charge in [-0.05, 0) is 23.8 Å². The molecule has 2 aromatic carbocycles. The van der Waals surface area contributed by atoms with Gasteiger partial charge in [-0.3, -0.25) is 4.79 Å². The molecule has 0 bridgehead atoms. The van der Waals surface area contributed by atoms with Crippen LogP contribution in [0.15, 0.2) is 48.5 Å². The fraction of sp³-hybridized carbons (Fsp3) is 0.235. The molecule has 0 aromatic heterocycles. The fourth-order valence-corrected chi connectivity index (χ4v) is 3.80. The van der Waals surface area contributed by atoms with Crippen molar-refractivity contribution in [3.63, 3.8) is 0 Å². The fourth-order valence-electron chi connectivity index (χ4n) is 2.59. The predicted molar refractivity (Wildman–Crippen MR) is 85.1 cm³/mol. The number of thioether (sulfide) groups is 1. The number of carbonyl (C=O) groups is 1. The molecule has 1 atom stereocenters. The zero-order valence-corrected chi connectivity index (χ0v) is 13.0. The molecule has 1 unspecified atom stereocenters. The van der Waals surface area contributed by atoms with Crippen molar-refractivity contribution in [3.8, 4) is 5.75 Å². The van der Waals surface area contributed by atoms with E-state index in [1.165, 1.54) is 12.1 Å². The Bertz CT molecular complexity index is 692. The SMILES string of the molecule is COc1ccccc1C1SCC(=O)N1Cc1cccc(F)c1. The Morgan fingerprint density at radius 2 is 2.09 bits per heavy atom. The van der Waals surface area contributed by atoms with Crippen molar-refractivity contribution < 1.29 is 13.9 Å². The van der Waals surface area contributed by atoms with Crippen LogP contribution in [0.1, 0.15) is 16.5 Å². The number of hydrogen-bond donors (Lipinski definition) is 0. The van der Waals surface area contributed by atoms with E-state index in [2.05, 4.69) is 0 Å². The monoisotopic (exact) mass is 317 g/mol. The number of ether oxygens (including phenoxy) is 1. The molecule has 1 aliphatic heterocycles. The molecule has 1 heterocycles. The van der Waals surface area contributed by atoms with Crippen LogP contribution >= 0.6 is 11.8 Å². The Labute approximate surface area is 133 Å². The van der Waals surface area contributed by atoms with E-state index in [0.29, 0.717) is 12.3 Å². The second-order valence-corrected chi connectivity index (χ2v) is 6.13. The highest BCUT2D eigenvalue weighted by molar-refractivity contribution is 8.00. The normalized spacial score (nSPS) is 17.8. The Balaban J connectivity index is 1.89. The summed E-state index contributed by atoms with van der Waals surface area (Å²) in [5.74, 6) is 0.965. The zero-order valence-electron chi connectivity index (χ0n) is 12.2. The van der Waals surface area contributed by atoms with Crippen molar-refractivity contribution in [1.29, 1.82) is 0 Å². The van der Waals surface area contributed by atoms with Gasteiger partial charge in [0.15, 0.2) is 0 Å². The average molecular weight is 317 g/mol. The van der Waals surface area contributed by atoms with E-state index in [1.54, 1.807) is 29.8 Å². The van der Waals surface area contributed by atoms with Gasteiger partial charge in [-0.2, -0.15) is 0 Å². The molecule has 2 aromatic rings. The van der Waals surface area contributed by atoms with Crippen LogP contribution in [-0.4, -0.2) is 23.7 Å². The van der Waals surface area contributed by atoms with Crippen LogP contribution in [0, 0.1) is 5.82 Å². The van der Waals surface area contributed by atoms with Crippen molar-refractivity contribution in [2.24, 2.45) is 0 Å². The first-order chi connectivity index (χ1) is 10.7. The van der Waals surface area contributed by atoms with Gasteiger partial charge in [0, 0.05) is 12.1 Å². The summed E-state index contributed by atoms with van der Waals surface area (Å²) in [6.45, 7) is 0.395. The van der Waals surface area contributed by atoms with E-state index < -0.39 is 0 Å². The van der Waals surface area contributed by atoms with Gasteiger partial charge in [0.2, 0.25) is 5.91 Å². The van der Waals surface area contributed by atoms with Gasteiger partial charge in [0.05, 0.1) is 12.9 Å². The first-order valence-corrected chi connectivity index (χ1v) is 8.02. The number of hydrogen-bond acceptors (Lipinski definition) is 3. The van der Waals surface area contributed by atoms with Gasteiger partial charge < -0.3 is 9.64 Å². The van der Waals surface area contributed by atoms with E-state index in [-0.39, 0.29) is 17.1 Å². The maximum Gasteiger partial charge on any atom is 0.234 e. The summed E-state index contributed by atoms with van der Waals surface area (Å²) in [5, 5.41) is -0.105. The van der Waals surface area contributed by atoms with Crippen LogP contribution in [0.3, 0.4) is 0 Å². The van der Waals surface area contributed by atoms with Gasteiger partial charge in [-0.25, -0.2) is 4.39 Å². The van der Waals surface area contributed by atoms with E-state index in [9.17, 15) is 9.18 Å². The summed E-state index contributed by atoms with van der Waals surface area (Å²) in [4.78, 5) is 14.0. The molecule has 1 fully saturated rings. The van der Waals surface area contributed by atoms with Crippen LogP contribution in [0.2, 0.25) is 0 Å². The van der Waals surface area contributed by atoms with Crippen molar-refractivity contribution in [1.82, 2.24) is 4.90 Å². The summed E-state index contributed by atoms with van der Waals surface area (Å²) in [7, 11) is 1.62. The first kappa shape index (κ1) is 14.9. The predicted octanol–water partition coefficient (Wildman–Crippen LogP) is 3.61. The minimum Gasteiger partial charge on any atom is -0.496 e. The minimum absolute atomic E-state index is 0.0603. The van der Waals surface area contributed by atoms with Gasteiger partial charge in [-0.15, -0.1) is 11.8 Å². The molecular weight excluding hydrogens is 301 g/mol. The van der Waals surface area contributed by atoms with Gasteiger partial charge >= 0.3 is 0 Å². The number of benzene rings is 2. The smallest absolute Gasteiger partial charge is 0.234 e. The quantitative estimate of drug-likeness (QED) is 0.863. The lowest BCUT2D eigenvalue weighted by molar-refractivity contribution is -0.128. The topological polar surface area (TPSA) is 29.5 Å². The van der Waals surface area contributed by atoms with Crippen LogP contribution in [0.4, 0.5) is 4.39 Å². The van der Waals surface area contributed by atoms with Gasteiger partial charge in [0.25, 0.3) is 0 Å². The first-order valence-electron chi connectivity index (χ1n) is 6.97. The van der Waals surface area contributed by atoms with Crippen molar-refractivity contribution in [2.75, 3.05) is 12.9 Å². The van der Waals surface area contributed by atoms with Crippen LogP contribution in [0.25, 0.3) is 0 Å². The summed E-state index contributed by atoms with van der Waals surface area (Å²) in [6.07, 6.45) is 0. The summed E-state index contributed by atoms with van der Waals surface area (Å²) >= 11 is 1.57. The molecule has 1 saturated heterocycles.